The molecule has 0 aromatic carbocycles. The van der Waals surface area contributed by atoms with E-state index in [1.807, 2.05) is 6.07 Å². The molecule has 8 nitrogen and oxygen atoms in total. The first kappa shape index (κ1) is 17.0. The summed E-state index contributed by atoms with van der Waals surface area (Å²) in [6, 6.07) is 2.36. The van der Waals surface area contributed by atoms with Gasteiger partial charge in [-0.25, -0.2) is 15.0 Å². The van der Waals surface area contributed by atoms with Crippen LogP contribution in [0.4, 0.5) is 17.7 Å². The predicted molar refractivity (Wildman–Crippen MR) is 101 cm³/mol. The van der Waals surface area contributed by atoms with Crippen molar-refractivity contribution in [1.82, 2.24) is 19.9 Å². The van der Waals surface area contributed by atoms with Crippen molar-refractivity contribution in [1.29, 1.82) is 0 Å². The second-order valence-corrected chi connectivity index (χ2v) is 6.77. The maximum absolute atomic E-state index is 5.65. The van der Waals surface area contributed by atoms with Gasteiger partial charge in [0, 0.05) is 43.7 Å². The first-order valence-corrected chi connectivity index (χ1v) is 9.31. The zero-order valence-corrected chi connectivity index (χ0v) is 15.1. The summed E-state index contributed by atoms with van der Waals surface area (Å²) >= 11 is 0. The van der Waals surface area contributed by atoms with Crippen LogP contribution < -0.4 is 15.5 Å². The summed E-state index contributed by atoms with van der Waals surface area (Å²) in [5.74, 6) is 2.00. The number of nitrogens with zero attached hydrogens (tertiary/aromatic N) is 6. The first-order valence-electron chi connectivity index (χ1n) is 9.31. The molecule has 8 heteroatoms. The van der Waals surface area contributed by atoms with Gasteiger partial charge >= 0.3 is 0 Å². The van der Waals surface area contributed by atoms with Gasteiger partial charge in [0.15, 0.2) is 0 Å². The minimum atomic E-state index is 0.266. The van der Waals surface area contributed by atoms with Crippen molar-refractivity contribution >= 4 is 17.7 Å². The normalized spacial score (nSPS) is 20.6. The van der Waals surface area contributed by atoms with Gasteiger partial charge in [-0.05, 0) is 19.3 Å². The molecule has 2 saturated heterocycles. The van der Waals surface area contributed by atoms with Gasteiger partial charge in [0.2, 0.25) is 11.9 Å². The standard InChI is InChI=1S/C18H25N7O/c1-2-14-12-26-8-7-25(14)16-9-15(13-10-20-17(19)21-11-13)22-18(23-16)24-5-3-4-6-24/h9-11,14H,2-8,12H2,1H3,(H2,19,20,21)/t14-/m0/s1. The number of nitrogens with two attached hydrogens (primary N) is 1. The van der Waals surface area contributed by atoms with Gasteiger partial charge in [0.25, 0.3) is 0 Å². The predicted octanol–water partition coefficient (Wildman–Crippen LogP) is 1.73. The van der Waals surface area contributed by atoms with Gasteiger partial charge in [-0.15, -0.1) is 0 Å². The molecule has 0 unspecified atom stereocenters. The fourth-order valence-electron chi connectivity index (χ4n) is 3.54. The molecule has 4 heterocycles. The molecule has 2 aliphatic rings. The van der Waals surface area contributed by atoms with E-state index in [2.05, 4.69) is 26.7 Å². The average molecular weight is 355 g/mol. The van der Waals surface area contributed by atoms with E-state index in [4.69, 9.17) is 20.4 Å². The van der Waals surface area contributed by atoms with Crippen LogP contribution >= 0.6 is 0 Å². The maximum atomic E-state index is 5.65. The second-order valence-electron chi connectivity index (χ2n) is 6.77. The maximum Gasteiger partial charge on any atom is 0.227 e. The summed E-state index contributed by atoms with van der Waals surface area (Å²) in [6.45, 7) is 6.49. The molecule has 138 valence electrons. The van der Waals surface area contributed by atoms with Crippen molar-refractivity contribution in [2.45, 2.75) is 32.2 Å². The van der Waals surface area contributed by atoms with Gasteiger partial charge in [-0.2, -0.15) is 4.98 Å². The van der Waals surface area contributed by atoms with E-state index in [1.54, 1.807) is 12.4 Å². The highest BCUT2D eigenvalue weighted by molar-refractivity contribution is 5.64. The Morgan fingerprint density at radius 2 is 1.92 bits per heavy atom. The Morgan fingerprint density at radius 3 is 2.65 bits per heavy atom. The Kier molecular flexibility index (Phi) is 4.83. The monoisotopic (exact) mass is 355 g/mol. The molecule has 2 aromatic heterocycles. The number of rotatable bonds is 4. The molecule has 0 amide bonds. The number of aromatic nitrogens is 4. The first-order chi connectivity index (χ1) is 12.7. The third kappa shape index (κ3) is 3.41. The van der Waals surface area contributed by atoms with Gasteiger partial charge in [-0.3, -0.25) is 0 Å². The number of anilines is 3. The molecule has 2 fully saturated rings. The van der Waals surface area contributed by atoms with Crippen LogP contribution in [0.5, 0.6) is 0 Å². The van der Waals surface area contributed by atoms with Crippen molar-refractivity contribution in [3.63, 3.8) is 0 Å². The van der Waals surface area contributed by atoms with Gasteiger partial charge < -0.3 is 20.3 Å². The number of hydrogen-bond donors (Lipinski definition) is 1. The molecule has 1 atom stereocenters. The fraction of sp³-hybridized carbons (Fsp3) is 0.556. The van der Waals surface area contributed by atoms with E-state index in [-0.39, 0.29) is 5.95 Å². The molecule has 2 aliphatic heterocycles. The lowest BCUT2D eigenvalue weighted by Gasteiger charge is -2.36. The molecule has 2 N–H and O–H groups in total. The fourth-order valence-corrected chi connectivity index (χ4v) is 3.54. The van der Waals surface area contributed by atoms with Crippen molar-refractivity contribution in [2.24, 2.45) is 0 Å². The lowest BCUT2D eigenvalue weighted by Crippen LogP contribution is -2.45. The Bertz CT molecular complexity index is 746. The van der Waals surface area contributed by atoms with Gasteiger partial charge in [0.05, 0.1) is 24.9 Å². The van der Waals surface area contributed by atoms with Crippen molar-refractivity contribution in [3.05, 3.63) is 18.5 Å². The zero-order valence-electron chi connectivity index (χ0n) is 15.1. The van der Waals surface area contributed by atoms with Crippen molar-refractivity contribution in [2.75, 3.05) is 48.4 Å². The van der Waals surface area contributed by atoms with Crippen molar-refractivity contribution < 1.29 is 4.74 Å². The van der Waals surface area contributed by atoms with Crippen LogP contribution in [0.25, 0.3) is 11.3 Å². The lowest BCUT2D eigenvalue weighted by molar-refractivity contribution is 0.0926. The smallest absolute Gasteiger partial charge is 0.227 e. The lowest BCUT2D eigenvalue weighted by atomic mass is 10.1. The van der Waals surface area contributed by atoms with Crippen LogP contribution in [0, 0.1) is 0 Å². The molecule has 0 radical (unpaired) electrons. The molecular weight excluding hydrogens is 330 g/mol. The highest BCUT2D eigenvalue weighted by Crippen LogP contribution is 2.28. The molecule has 0 spiro atoms. The Balaban J connectivity index is 1.75. The summed E-state index contributed by atoms with van der Waals surface area (Å²) in [4.78, 5) is 22.5. The van der Waals surface area contributed by atoms with Crippen LogP contribution in [-0.4, -0.2) is 58.8 Å². The zero-order chi connectivity index (χ0) is 17.9. The number of morpholine rings is 1. The average Bonchev–Trinajstić information content (AvgIpc) is 3.23. The van der Waals surface area contributed by atoms with E-state index >= 15 is 0 Å². The number of ether oxygens (including phenoxy) is 1. The van der Waals surface area contributed by atoms with Crippen LogP contribution in [0.3, 0.4) is 0 Å². The van der Waals surface area contributed by atoms with Gasteiger partial charge in [0.1, 0.15) is 5.82 Å². The summed E-state index contributed by atoms with van der Waals surface area (Å²) in [6.07, 6.45) is 6.83. The third-order valence-electron chi connectivity index (χ3n) is 5.05. The highest BCUT2D eigenvalue weighted by atomic mass is 16.5. The number of hydrogen-bond acceptors (Lipinski definition) is 8. The molecule has 0 aliphatic carbocycles. The number of nitrogen functional groups attached to an aromatic ring is 1. The second kappa shape index (κ2) is 7.41. The van der Waals surface area contributed by atoms with E-state index in [9.17, 15) is 0 Å². The molecule has 2 aromatic rings. The summed E-state index contributed by atoms with van der Waals surface area (Å²) in [7, 11) is 0. The summed E-state index contributed by atoms with van der Waals surface area (Å²) < 4.78 is 5.65. The molecule has 26 heavy (non-hydrogen) atoms. The minimum Gasteiger partial charge on any atom is -0.377 e. The van der Waals surface area contributed by atoms with Gasteiger partial charge in [-0.1, -0.05) is 6.92 Å². The van der Waals surface area contributed by atoms with Crippen molar-refractivity contribution in [3.8, 4) is 11.3 Å². The quantitative estimate of drug-likeness (QED) is 0.886. The molecule has 4 rings (SSSR count). The summed E-state index contributed by atoms with van der Waals surface area (Å²) in [5.41, 5.74) is 7.32. The topological polar surface area (TPSA) is 93.3 Å². The largest absolute Gasteiger partial charge is 0.377 e. The highest BCUT2D eigenvalue weighted by Gasteiger charge is 2.25. The minimum absolute atomic E-state index is 0.266. The molecular formula is C18H25N7O. The van der Waals surface area contributed by atoms with Crippen LogP contribution in [-0.2, 0) is 4.74 Å². The van der Waals surface area contributed by atoms with Crippen LogP contribution in [0.15, 0.2) is 18.5 Å². The van der Waals surface area contributed by atoms with E-state index in [0.717, 1.165) is 62.3 Å². The van der Waals surface area contributed by atoms with Crippen LogP contribution in [0.1, 0.15) is 26.2 Å². The van der Waals surface area contributed by atoms with E-state index < -0.39 is 0 Å². The van der Waals surface area contributed by atoms with E-state index in [1.165, 1.54) is 12.8 Å². The van der Waals surface area contributed by atoms with Crippen LogP contribution in [0.2, 0.25) is 0 Å². The SMILES string of the molecule is CC[C@H]1COCCN1c1cc(-c2cnc(N)nc2)nc(N2CCCC2)n1. The van der Waals surface area contributed by atoms with E-state index in [0.29, 0.717) is 6.04 Å². The molecule has 0 saturated carbocycles. The molecule has 0 bridgehead atoms. The Hall–Kier alpha value is -2.48. The Labute approximate surface area is 153 Å². The summed E-state index contributed by atoms with van der Waals surface area (Å²) in [5, 5.41) is 0. The third-order valence-corrected chi connectivity index (χ3v) is 5.05. The Morgan fingerprint density at radius 1 is 1.15 bits per heavy atom.